The first-order valence-corrected chi connectivity index (χ1v) is 12.5. The van der Waals surface area contributed by atoms with Crippen LogP contribution in [0.1, 0.15) is 50.4 Å². The van der Waals surface area contributed by atoms with Gasteiger partial charge in [-0.3, -0.25) is 9.00 Å². The van der Waals surface area contributed by atoms with Crippen molar-refractivity contribution in [3.63, 3.8) is 0 Å². The maximum atomic E-state index is 13.7. The van der Waals surface area contributed by atoms with Gasteiger partial charge in [-0.1, -0.05) is 67.6 Å². The maximum Gasteiger partial charge on any atom is 0.339 e. The van der Waals surface area contributed by atoms with E-state index in [0.717, 1.165) is 28.5 Å². The molecule has 1 N–H and O–H groups in total. The summed E-state index contributed by atoms with van der Waals surface area (Å²) in [6, 6.07) is 21.7. The van der Waals surface area contributed by atoms with Gasteiger partial charge in [-0.2, -0.15) is 0 Å². The van der Waals surface area contributed by atoms with Crippen LogP contribution >= 0.6 is 0 Å². The van der Waals surface area contributed by atoms with Crippen LogP contribution in [0.4, 0.5) is 0 Å². The molecule has 0 radical (unpaired) electrons. The zero-order valence-electron chi connectivity index (χ0n) is 18.5. The lowest BCUT2D eigenvalue weighted by Crippen LogP contribution is -2.20. The zero-order chi connectivity index (χ0) is 23.4. The Morgan fingerprint density at radius 3 is 2.48 bits per heavy atom. The number of ether oxygens (including phenoxy) is 1. The smallest absolute Gasteiger partial charge is 0.339 e. The summed E-state index contributed by atoms with van der Waals surface area (Å²) in [5, 5.41) is 0.809. The van der Waals surface area contributed by atoms with Gasteiger partial charge in [0.2, 0.25) is 5.78 Å². The summed E-state index contributed by atoms with van der Waals surface area (Å²) in [5.74, 6) is -0.549. The van der Waals surface area contributed by atoms with Crippen LogP contribution < -0.4 is 0 Å². The van der Waals surface area contributed by atoms with Gasteiger partial charge in [-0.15, -0.1) is 0 Å². The molecule has 0 aliphatic heterocycles. The van der Waals surface area contributed by atoms with Crippen LogP contribution in [0.15, 0.2) is 79.0 Å². The predicted molar refractivity (Wildman–Crippen MR) is 131 cm³/mol. The molecule has 4 aromatic rings. The molecule has 168 valence electrons. The first-order valence-electron chi connectivity index (χ1n) is 10.8. The maximum absolute atomic E-state index is 13.7. The van der Waals surface area contributed by atoms with Crippen molar-refractivity contribution in [1.29, 1.82) is 0 Å². The molecule has 0 fully saturated rings. The van der Waals surface area contributed by atoms with E-state index in [9.17, 15) is 13.8 Å². The number of aromatic amines is 1. The van der Waals surface area contributed by atoms with Gasteiger partial charge in [0.15, 0.2) is 6.10 Å². The summed E-state index contributed by atoms with van der Waals surface area (Å²) in [7, 11) is -1.03. The van der Waals surface area contributed by atoms with E-state index in [1.165, 1.54) is 0 Å². The molecular weight excluding hydrogens is 434 g/mol. The summed E-state index contributed by atoms with van der Waals surface area (Å²) in [5.41, 5.74) is 4.21. The number of fused-ring (bicyclic) bond motifs is 1. The van der Waals surface area contributed by atoms with Crippen molar-refractivity contribution >= 4 is 33.5 Å². The number of para-hydroxylation sites is 1. The SMILES string of the molecule is CCc1cccc2c(C(=O)C(OC(=O)c3cccc(CS(C)=O)c3)c3ccccc3)c[nH]c12. The number of carbonyl (C=O) groups is 2. The van der Waals surface area contributed by atoms with Gasteiger partial charge in [0.25, 0.3) is 0 Å². The lowest BCUT2D eigenvalue weighted by atomic mass is 9.98. The summed E-state index contributed by atoms with van der Waals surface area (Å²) < 4.78 is 17.4. The number of aromatic nitrogens is 1. The molecule has 0 bridgehead atoms. The molecule has 5 nitrogen and oxygen atoms in total. The molecule has 4 rings (SSSR count). The molecule has 33 heavy (non-hydrogen) atoms. The fourth-order valence-corrected chi connectivity index (χ4v) is 4.60. The van der Waals surface area contributed by atoms with E-state index in [0.29, 0.717) is 22.4 Å². The highest BCUT2D eigenvalue weighted by Gasteiger charge is 2.29. The van der Waals surface area contributed by atoms with Crippen LogP contribution in [-0.4, -0.2) is 27.2 Å². The molecule has 0 saturated carbocycles. The second kappa shape index (κ2) is 9.96. The molecule has 0 saturated heterocycles. The normalized spacial score (nSPS) is 12.9. The standard InChI is InChI=1S/C27H25NO4S/c1-3-19-12-8-14-22-23(16-28-24(19)22)25(29)26(20-10-5-4-6-11-20)32-27(30)21-13-7-9-18(15-21)17-33(2)31/h4-16,26,28H,3,17H2,1-2H3. The Kier molecular flexibility index (Phi) is 6.84. The van der Waals surface area contributed by atoms with Crippen molar-refractivity contribution in [1.82, 2.24) is 4.98 Å². The second-order valence-corrected chi connectivity index (χ2v) is 9.31. The van der Waals surface area contributed by atoms with Crippen LogP contribution in [0.25, 0.3) is 10.9 Å². The summed E-state index contributed by atoms with van der Waals surface area (Å²) >= 11 is 0. The third kappa shape index (κ3) is 4.96. The Bertz CT molecular complexity index is 1330. The number of esters is 1. The van der Waals surface area contributed by atoms with Crippen molar-refractivity contribution in [3.8, 4) is 0 Å². The lowest BCUT2D eigenvalue weighted by Gasteiger charge is -2.17. The van der Waals surface area contributed by atoms with E-state index < -0.39 is 22.9 Å². The molecule has 2 unspecified atom stereocenters. The van der Waals surface area contributed by atoms with Gasteiger partial charge < -0.3 is 9.72 Å². The first-order chi connectivity index (χ1) is 16.0. The fraction of sp³-hybridized carbons (Fsp3) is 0.185. The second-order valence-electron chi connectivity index (χ2n) is 7.87. The molecule has 6 heteroatoms. The Hall–Kier alpha value is -3.51. The number of Topliss-reactive ketones (excluding diaryl/α,β-unsaturated/α-hetero) is 1. The minimum absolute atomic E-state index is 0.292. The van der Waals surface area contributed by atoms with Crippen LogP contribution in [0.3, 0.4) is 0 Å². The minimum Gasteiger partial charge on any atom is -0.445 e. The summed E-state index contributed by atoms with van der Waals surface area (Å²) in [4.78, 5) is 29.9. The van der Waals surface area contributed by atoms with E-state index in [2.05, 4.69) is 11.9 Å². The summed E-state index contributed by atoms with van der Waals surface area (Å²) in [6.07, 6.45) is 3.04. The van der Waals surface area contributed by atoms with Gasteiger partial charge in [0.05, 0.1) is 5.56 Å². The van der Waals surface area contributed by atoms with Gasteiger partial charge in [0, 0.05) is 51.0 Å². The third-order valence-corrected chi connectivity index (χ3v) is 6.29. The van der Waals surface area contributed by atoms with Crippen molar-refractivity contribution in [2.24, 2.45) is 0 Å². The van der Waals surface area contributed by atoms with Gasteiger partial charge >= 0.3 is 5.97 Å². The monoisotopic (exact) mass is 459 g/mol. The largest absolute Gasteiger partial charge is 0.445 e. The average molecular weight is 460 g/mol. The number of rotatable bonds is 8. The van der Waals surface area contributed by atoms with Crippen molar-refractivity contribution in [2.45, 2.75) is 25.2 Å². The molecule has 0 amide bonds. The lowest BCUT2D eigenvalue weighted by molar-refractivity contribution is 0.0280. The Balaban J connectivity index is 1.69. The van der Waals surface area contributed by atoms with E-state index in [4.69, 9.17) is 4.74 Å². The topological polar surface area (TPSA) is 76.2 Å². The number of ketones is 1. The number of nitrogens with one attached hydrogen (secondary N) is 1. The number of hydrogen-bond donors (Lipinski definition) is 1. The molecule has 3 aromatic carbocycles. The van der Waals surface area contributed by atoms with E-state index in [1.54, 1.807) is 42.8 Å². The molecule has 0 aliphatic carbocycles. The van der Waals surface area contributed by atoms with Crippen molar-refractivity contribution in [2.75, 3.05) is 6.26 Å². The quantitative estimate of drug-likeness (QED) is 0.283. The Morgan fingerprint density at radius 2 is 1.76 bits per heavy atom. The molecule has 1 heterocycles. The summed E-state index contributed by atoms with van der Waals surface area (Å²) in [6.45, 7) is 2.06. The van der Waals surface area contributed by atoms with Gasteiger partial charge in [-0.25, -0.2) is 4.79 Å². The number of benzene rings is 3. The first kappa shape index (κ1) is 22.7. The Labute approximate surface area is 195 Å². The van der Waals surface area contributed by atoms with E-state index in [-0.39, 0.29) is 5.78 Å². The fourth-order valence-electron chi connectivity index (χ4n) is 3.96. The molecule has 0 spiro atoms. The number of aryl methyl sites for hydroxylation is 1. The third-order valence-electron chi connectivity index (χ3n) is 5.55. The van der Waals surface area contributed by atoms with Crippen LogP contribution in [0.2, 0.25) is 0 Å². The number of H-pyrrole nitrogens is 1. The van der Waals surface area contributed by atoms with Crippen LogP contribution in [-0.2, 0) is 27.7 Å². The van der Waals surface area contributed by atoms with Gasteiger partial charge in [0.1, 0.15) is 0 Å². The predicted octanol–water partition coefficient (Wildman–Crippen LogP) is 5.39. The number of carbonyl (C=O) groups excluding carboxylic acids is 2. The zero-order valence-corrected chi connectivity index (χ0v) is 19.4. The minimum atomic E-state index is -1.09. The van der Waals surface area contributed by atoms with Crippen molar-refractivity contribution in [3.05, 3.63) is 107 Å². The molecule has 0 aliphatic rings. The molecule has 2 atom stereocenters. The molecular formula is C27H25NO4S. The average Bonchev–Trinajstić information content (AvgIpc) is 3.26. The number of hydrogen-bond acceptors (Lipinski definition) is 4. The van der Waals surface area contributed by atoms with E-state index >= 15 is 0 Å². The van der Waals surface area contributed by atoms with Crippen LogP contribution in [0, 0.1) is 0 Å². The highest BCUT2D eigenvalue weighted by atomic mass is 32.2. The van der Waals surface area contributed by atoms with E-state index in [1.807, 2.05) is 42.5 Å². The van der Waals surface area contributed by atoms with Crippen molar-refractivity contribution < 1.29 is 18.5 Å². The highest BCUT2D eigenvalue weighted by molar-refractivity contribution is 7.83. The highest BCUT2D eigenvalue weighted by Crippen LogP contribution is 2.29. The van der Waals surface area contributed by atoms with Gasteiger partial charge in [-0.05, 0) is 29.7 Å². The van der Waals surface area contributed by atoms with Crippen LogP contribution in [0.5, 0.6) is 0 Å². The molecule has 1 aromatic heterocycles. The Morgan fingerprint density at radius 1 is 1.00 bits per heavy atom.